The van der Waals surface area contributed by atoms with Gasteiger partial charge in [0.05, 0.1) is 11.1 Å². The minimum Gasteiger partial charge on any atom is -0.478 e. The number of hydrogen-bond donors (Lipinski definition) is 1. The number of carbonyl (C=O) groups is 1. The van der Waals surface area contributed by atoms with Crippen LogP contribution in [0.25, 0.3) is 0 Å². The third-order valence-electron chi connectivity index (χ3n) is 2.23. The summed E-state index contributed by atoms with van der Waals surface area (Å²) in [7, 11) is 0. The van der Waals surface area contributed by atoms with E-state index >= 15 is 0 Å². The molecular weight excluding hydrogens is 221 g/mol. The van der Waals surface area contributed by atoms with Crippen molar-refractivity contribution in [2.45, 2.75) is 25.9 Å². The Balaban J connectivity index is 3.54. The van der Waals surface area contributed by atoms with E-state index in [2.05, 4.69) is 0 Å². The molecule has 0 aliphatic carbocycles. The fourth-order valence-electron chi connectivity index (χ4n) is 1.55. The van der Waals surface area contributed by atoms with Gasteiger partial charge in [-0.2, -0.15) is 13.2 Å². The fourth-order valence-corrected chi connectivity index (χ4v) is 1.55. The number of carboxylic acids is 1. The molecule has 16 heavy (non-hydrogen) atoms. The maximum absolute atomic E-state index is 12.8. The smallest absolute Gasteiger partial charge is 0.417 e. The van der Waals surface area contributed by atoms with E-state index in [1.165, 1.54) is 12.1 Å². The zero-order valence-electron chi connectivity index (χ0n) is 8.80. The lowest BCUT2D eigenvalue weighted by Gasteiger charge is -2.17. The molecule has 0 unspecified atom stereocenters. The zero-order valence-corrected chi connectivity index (χ0v) is 8.80. The number of aromatic carboxylic acids is 1. The first-order valence-corrected chi connectivity index (χ1v) is 4.68. The van der Waals surface area contributed by atoms with Gasteiger partial charge in [0.2, 0.25) is 0 Å². The molecule has 5 heteroatoms. The molecule has 0 amide bonds. The largest absolute Gasteiger partial charge is 0.478 e. The van der Waals surface area contributed by atoms with E-state index in [9.17, 15) is 18.0 Å². The Hall–Kier alpha value is -1.52. The Morgan fingerprint density at radius 2 is 1.88 bits per heavy atom. The quantitative estimate of drug-likeness (QED) is 0.846. The summed E-state index contributed by atoms with van der Waals surface area (Å²) >= 11 is 0. The number of alkyl halides is 3. The van der Waals surface area contributed by atoms with Crippen molar-refractivity contribution in [3.8, 4) is 0 Å². The maximum atomic E-state index is 12.8. The van der Waals surface area contributed by atoms with Gasteiger partial charge in [0.1, 0.15) is 0 Å². The van der Waals surface area contributed by atoms with E-state index in [1.807, 2.05) is 0 Å². The number of halogens is 3. The molecule has 0 radical (unpaired) electrons. The second-order valence-electron chi connectivity index (χ2n) is 3.73. The number of carboxylic acid groups (broad SMARTS) is 1. The summed E-state index contributed by atoms with van der Waals surface area (Å²) in [5, 5.41) is 8.74. The van der Waals surface area contributed by atoms with Crippen molar-refractivity contribution < 1.29 is 23.1 Å². The van der Waals surface area contributed by atoms with Gasteiger partial charge in [-0.15, -0.1) is 0 Å². The summed E-state index contributed by atoms with van der Waals surface area (Å²) in [6, 6.07) is 3.60. The molecule has 0 fully saturated rings. The molecule has 0 heterocycles. The Kier molecular flexibility index (Phi) is 3.26. The predicted octanol–water partition coefficient (Wildman–Crippen LogP) is 3.53. The van der Waals surface area contributed by atoms with Crippen LogP contribution < -0.4 is 0 Å². The first-order chi connectivity index (χ1) is 7.25. The van der Waals surface area contributed by atoms with Gasteiger partial charge in [-0.05, 0) is 17.5 Å². The van der Waals surface area contributed by atoms with E-state index < -0.39 is 23.3 Å². The first kappa shape index (κ1) is 12.5. The lowest BCUT2D eigenvalue weighted by atomic mass is 9.93. The summed E-state index contributed by atoms with van der Waals surface area (Å²) in [5.74, 6) is -1.94. The van der Waals surface area contributed by atoms with Gasteiger partial charge in [0.25, 0.3) is 0 Å². The van der Waals surface area contributed by atoms with Gasteiger partial charge in [-0.1, -0.05) is 26.0 Å². The lowest BCUT2D eigenvalue weighted by molar-refractivity contribution is -0.138. The van der Waals surface area contributed by atoms with Crippen molar-refractivity contribution in [2.24, 2.45) is 0 Å². The monoisotopic (exact) mass is 232 g/mol. The lowest BCUT2D eigenvalue weighted by Crippen LogP contribution is -2.16. The van der Waals surface area contributed by atoms with Gasteiger partial charge in [-0.25, -0.2) is 4.79 Å². The van der Waals surface area contributed by atoms with E-state index in [1.54, 1.807) is 13.8 Å². The highest BCUT2D eigenvalue weighted by atomic mass is 19.4. The van der Waals surface area contributed by atoms with E-state index in [4.69, 9.17) is 5.11 Å². The number of rotatable bonds is 2. The predicted molar refractivity (Wildman–Crippen MR) is 52.5 cm³/mol. The minimum atomic E-state index is -4.64. The average molecular weight is 232 g/mol. The van der Waals surface area contributed by atoms with Crippen molar-refractivity contribution in [2.75, 3.05) is 0 Å². The highest BCUT2D eigenvalue weighted by Gasteiger charge is 2.38. The van der Waals surface area contributed by atoms with Crippen LogP contribution in [-0.2, 0) is 6.18 Å². The van der Waals surface area contributed by atoms with Gasteiger partial charge >= 0.3 is 12.1 Å². The SMILES string of the molecule is CC(C)c1cccc(C(=O)O)c1C(F)(F)F. The molecule has 1 aromatic rings. The summed E-state index contributed by atoms with van der Waals surface area (Å²) in [6.07, 6.45) is -4.64. The number of hydrogen-bond acceptors (Lipinski definition) is 1. The molecule has 0 spiro atoms. The normalized spacial score (nSPS) is 11.9. The Morgan fingerprint density at radius 1 is 1.31 bits per heavy atom. The van der Waals surface area contributed by atoms with E-state index in [0.29, 0.717) is 0 Å². The summed E-state index contributed by atoms with van der Waals surface area (Å²) < 4.78 is 38.3. The topological polar surface area (TPSA) is 37.3 Å². The van der Waals surface area contributed by atoms with Gasteiger partial charge in [0.15, 0.2) is 0 Å². The van der Waals surface area contributed by atoms with Crippen molar-refractivity contribution in [1.82, 2.24) is 0 Å². The second kappa shape index (κ2) is 4.15. The van der Waals surface area contributed by atoms with Gasteiger partial charge in [-0.3, -0.25) is 0 Å². The summed E-state index contributed by atoms with van der Waals surface area (Å²) in [6.45, 7) is 3.19. The van der Waals surface area contributed by atoms with Crippen LogP contribution in [0, 0.1) is 0 Å². The van der Waals surface area contributed by atoms with Crippen LogP contribution >= 0.6 is 0 Å². The molecule has 0 bridgehead atoms. The minimum absolute atomic E-state index is 0.00685. The molecule has 0 aliphatic heterocycles. The molecule has 0 aromatic heterocycles. The summed E-state index contributed by atoms with van der Waals surface area (Å²) in [5.41, 5.74) is -1.73. The zero-order chi connectivity index (χ0) is 12.5. The fraction of sp³-hybridized carbons (Fsp3) is 0.364. The number of benzene rings is 1. The maximum Gasteiger partial charge on any atom is 0.417 e. The molecule has 1 N–H and O–H groups in total. The third-order valence-corrected chi connectivity index (χ3v) is 2.23. The van der Waals surface area contributed by atoms with Crippen molar-refractivity contribution in [3.05, 3.63) is 34.9 Å². The van der Waals surface area contributed by atoms with Crippen LogP contribution in [0.1, 0.15) is 41.3 Å². The molecule has 1 aromatic carbocycles. The molecule has 0 saturated heterocycles. The van der Waals surface area contributed by atoms with Crippen LogP contribution in [0.3, 0.4) is 0 Å². The molecule has 1 rings (SSSR count). The molecule has 0 atom stereocenters. The van der Waals surface area contributed by atoms with Crippen molar-refractivity contribution >= 4 is 5.97 Å². The molecule has 88 valence electrons. The molecule has 0 saturated carbocycles. The van der Waals surface area contributed by atoms with Crippen molar-refractivity contribution in [1.29, 1.82) is 0 Å². The highest BCUT2D eigenvalue weighted by Crippen LogP contribution is 2.37. The van der Waals surface area contributed by atoms with Crippen molar-refractivity contribution in [3.63, 3.8) is 0 Å². The van der Waals surface area contributed by atoms with E-state index in [-0.39, 0.29) is 11.5 Å². The highest BCUT2D eigenvalue weighted by molar-refractivity contribution is 5.90. The Bertz CT molecular complexity index is 408. The Labute approximate surface area is 90.7 Å². The Morgan fingerprint density at radius 3 is 2.25 bits per heavy atom. The molecule has 2 nitrogen and oxygen atoms in total. The standard InChI is InChI=1S/C11H11F3O2/c1-6(2)7-4-3-5-8(10(15)16)9(7)11(12,13)14/h3-6H,1-2H3,(H,15,16). The van der Waals surface area contributed by atoms with Crippen LogP contribution in [0.2, 0.25) is 0 Å². The van der Waals surface area contributed by atoms with Crippen LogP contribution in [0.15, 0.2) is 18.2 Å². The van der Waals surface area contributed by atoms with Gasteiger partial charge < -0.3 is 5.11 Å². The summed E-state index contributed by atoms with van der Waals surface area (Å²) in [4.78, 5) is 10.7. The van der Waals surface area contributed by atoms with Gasteiger partial charge in [0, 0.05) is 0 Å². The van der Waals surface area contributed by atoms with E-state index in [0.717, 1.165) is 6.07 Å². The van der Waals surface area contributed by atoms with Crippen LogP contribution in [-0.4, -0.2) is 11.1 Å². The van der Waals surface area contributed by atoms with Crippen LogP contribution in [0.5, 0.6) is 0 Å². The second-order valence-corrected chi connectivity index (χ2v) is 3.73. The molecule has 0 aliphatic rings. The third kappa shape index (κ3) is 2.35. The average Bonchev–Trinajstić information content (AvgIpc) is 2.15. The first-order valence-electron chi connectivity index (χ1n) is 4.68. The van der Waals surface area contributed by atoms with Crippen LogP contribution in [0.4, 0.5) is 13.2 Å². The molecular formula is C11H11F3O2.